The fourth-order valence-corrected chi connectivity index (χ4v) is 0.896. The molecule has 0 aliphatic rings. The van der Waals surface area contributed by atoms with Crippen molar-refractivity contribution >= 4 is 29.6 Å². The predicted molar refractivity (Wildman–Crippen MR) is 41.5 cm³/mol. The van der Waals surface area contributed by atoms with Gasteiger partial charge in [0.2, 0.25) is 6.41 Å². The number of imidazole rings is 1. The zero-order chi connectivity index (χ0) is 8.27. The van der Waals surface area contributed by atoms with E-state index in [1.165, 1.54) is 0 Å². The fraction of sp³-hybridized carbons (Fsp3) is 0.200. The number of rotatable bonds is 3. The molecule has 0 aromatic carbocycles. The van der Waals surface area contributed by atoms with Crippen LogP contribution in [-0.2, 0) is 11.3 Å². The first-order chi connectivity index (χ1) is 5.24. The lowest BCUT2D eigenvalue weighted by molar-refractivity contribution is -0.109. The van der Waals surface area contributed by atoms with Gasteiger partial charge in [-0.3, -0.25) is 4.79 Å². The Morgan fingerprint density at radius 3 is 2.82 bits per heavy atom. The first-order valence-electron chi connectivity index (χ1n) is 2.81. The Bertz CT molecular complexity index is 241. The molecule has 1 heterocycles. The molecule has 0 aliphatic carbocycles. The van der Waals surface area contributed by atoms with E-state index in [-0.39, 0.29) is 10.3 Å². The summed E-state index contributed by atoms with van der Waals surface area (Å²) in [6.45, 7) is 0.302. The first kappa shape index (κ1) is 8.36. The van der Waals surface area contributed by atoms with Crippen molar-refractivity contribution in [1.82, 2.24) is 15.3 Å². The molecule has 2 N–H and O–H groups in total. The molecule has 60 valence electrons. The molecule has 1 aromatic rings. The van der Waals surface area contributed by atoms with Crippen molar-refractivity contribution in [2.75, 3.05) is 0 Å². The van der Waals surface area contributed by atoms with Crippen LogP contribution in [0.1, 0.15) is 5.82 Å². The maximum atomic E-state index is 9.85. The largest absolute Gasteiger partial charge is 0.351 e. The molecule has 1 aromatic heterocycles. The molecular weight excluding hydrogens is 189 g/mol. The van der Waals surface area contributed by atoms with Crippen molar-refractivity contribution in [3.05, 3.63) is 16.1 Å². The van der Waals surface area contributed by atoms with Crippen molar-refractivity contribution in [3.63, 3.8) is 0 Å². The minimum atomic E-state index is 0.217. The van der Waals surface area contributed by atoms with E-state index in [4.69, 9.17) is 23.2 Å². The van der Waals surface area contributed by atoms with Crippen molar-refractivity contribution < 1.29 is 4.79 Å². The summed E-state index contributed by atoms with van der Waals surface area (Å²) in [5.74, 6) is 0.534. The highest BCUT2D eigenvalue weighted by atomic mass is 35.5. The summed E-state index contributed by atoms with van der Waals surface area (Å²) in [6.07, 6.45) is 0.574. The van der Waals surface area contributed by atoms with Gasteiger partial charge in [-0.05, 0) is 0 Å². The van der Waals surface area contributed by atoms with Crippen molar-refractivity contribution in [2.45, 2.75) is 6.54 Å². The Morgan fingerprint density at radius 1 is 1.64 bits per heavy atom. The summed E-state index contributed by atoms with van der Waals surface area (Å²) < 4.78 is 0. The van der Waals surface area contributed by atoms with Crippen molar-refractivity contribution in [3.8, 4) is 0 Å². The van der Waals surface area contributed by atoms with Gasteiger partial charge in [0.15, 0.2) is 5.15 Å². The molecule has 0 unspecified atom stereocenters. The van der Waals surface area contributed by atoms with Gasteiger partial charge in [0.25, 0.3) is 0 Å². The van der Waals surface area contributed by atoms with Crippen LogP contribution in [0.5, 0.6) is 0 Å². The third-order valence-electron chi connectivity index (χ3n) is 1.02. The SMILES string of the molecule is O=CNCc1nc(Cl)c(Cl)[nH]1. The number of hydrogen-bond acceptors (Lipinski definition) is 2. The molecule has 1 rings (SSSR count). The van der Waals surface area contributed by atoms with E-state index in [1.54, 1.807) is 0 Å². The topological polar surface area (TPSA) is 57.8 Å². The number of carbonyl (C=O) groups excluding carboxylic acids is 1. The zero-order valence-corrected chi connectivity index (χ0v) is 6.91. The van der Waals surface area contributed by atoms with E-state index >= 15 is 0 Å². The quantitative estimate of drug-likeness (QED) is 0.704. The maximum Gasteiger partial charge on any atom is 0.207 e. The monoisotopic (exact) mass is 193 g/mol. The second-order valence-corrected chi connectivity index (χ2v) is 2.52. The van der Waals surface area contributed by atoms with Gasteiger partial charge in [-0.25, -0.2) is 4.98 Å². The number of aromatic amines is 1. The lowest BCUT2D eigenvalue weighted by atomic mass is 10.6. The van der Waals surface area contributed by atoms with E-state index in [0.717, 1.165) is 0 Å². The van der Waals surface area contributed by atoms with Gasteiger partial charge in [0, 0.05) is 0 Å². The number of H-pyrrole nitrogens is 1. The van der Waals surface area contributed by atoms with E-state index in [2.05, 4.69) is 15.3 Å². The molecule has 6 heteroatoms. The fourth-order valence-electron chi connectivity index (χ4n) is 0.596. The molecule has 0 aliphatic heterocycles. The van der Waals surface area contributed by atoms with Gasteiger partial charge >= 0.3 is 0 Å². The molecule has 4 nitrogen and oxygen atoms in total. The van der Waals surface area contributed by atoms with Crippen LogP contribution < -0.4 is 5.32 Å². The number of halogens is 2. The van der Waals surface area contributed by atoms with Crippen LogP contribution in [0.25, 0.3) is 0 Å². The Hall–Kier alpha value is -0.740. The van der Waals surface area contributed by atoms with Gasteiger partial charge in [-0.15, -0.1) is 0 Å². The lowest BCUT2D eigenvalue weighted by Gasteiger charge is -1.90. The summed E-state index contributed by atoms with van der Waals surface area (Å²) in [4.78, 5) is 16.3. The van der Waals surface area contributed by atoms with Crippen LogP contribution in [0, 0.1) is 0 Å². The van der Waals surface area contributed by atoms with Crippen LogP contribution in [0.4, 0.5) is 0 Å². The smallest absolute Gasteiger partial charge is 0.207 e. The Kier molecular flexibility index (Phi) is 2.73. The molecule has 0 spiro atoms. The number of amides is 1. The molecule has 1 amide bonds. The number of nitrogens with one attached hydrogen (secondary N) is 2. The third kappa shape index (κ3) is 2.10. The van der Waals surface area contributed by atoms with Crippen LogP contribution in [-0.4, -0.2) is 16.4 Å². The van der Waals surface area contributed by atoms with Crippen LogP contribution in [0.15, 0.2) is 0 Å². The van der Waals surface area contributed by atoms with E-state index in [1.807, 2.05) is 0 Å². The highest BCUT2D eigenvalue weighted by Gasteiger charge is 2.03. The second kappa shape index (κ2) is 3.59. The maximum absolute atomic E-state index is 9.85. The second-order valence-electron chi connectivity index (χ2n) is 1.79. The average Bonchev–Trinajstić information content (AvgIpc) is 2.28. The Labute approximate surface area is 72.9 Å². The highest BCUT2D eigenvalue weighted by Crippen LogP contribution is 2.17. The molecular formula is C5H5Cl2N3O. The lowest BCUT2D eigenvalue weighted by Crippen LogP contribution is -2.10. The Balaban J connectivity index is 2.64. The summed E-state index contributed by atoms with van der Waals surface area (Å²) in [5.41, 5.74) is 0. The van der Waals surface area contributed by atoms with Crippen LogP contribution in [0.2, 0.25) is 10.3 Å². The minimum absolute atomic E-state index is 0.217. The van der Waals surface area contributed by atoms with E-state index in [9.17, 15) is 4.79 Å². The molecule has 0 radical (unpaired) electrons. The van der Waals surface area contributed by atoms with Gasteiger partial charge in [0.1, 0.15) is 11.0 Å². The van der Waals surface area contributed by atoms with Crippen molar-refractivity contribution in [1.29, 1.82) is 0 Å². The third-order valence-corrected chi connectivity index (χ3v) is 1.66. The standard InChI is InChI=1S/C5H5Cl2N3O/c6-4-5(7)10-3(9-4)1-8-2-11/h2H,1H2,(H,8,11)(H,9,10). The number of aromatic nitrogens is 2. The zero-order valence-electron chi connectivity index (χ0n) is 5.40. The number of hydrogen-bond donors (Lipinski definition) is 2. The highest BCUT2D eigenvalue weighted by molar-refractivity contribution is 6.40. The summed E-state index contributed by atoms with van der Waals surface area (Å²) in [5, 5.41) is 2.92. The van der Waals surface area contributed by atoms with E-state index < -0.39 is 0 Å². The molecule has 0 atom stereocenters. The molecule has 11 heavy (non-hydrogen) atoms. The summed E-state index contributed by atoms with van der Waals surface area (Å²) in [6, 6.07) is 0. The van der Waals surface area contributed by atoms with Gasteiger partial charge in [-0.2, -0.15) is 0 Å². The van der Waals surface area contributed by atoms with Crippen LogP contribution >= 0.6 is 23.2 Å². The predicted octanol–water partition coefficient (Wildman–Crippen LogP) is 0.962. The Morgan fingerprint density at radius 2 is 2.36 bits per heavy atom. The molecule has 0 bridgehead atoms. The molecule has 0 saturated heterocycles. The normalized spacial score (nSPS) is 9.64. The minimum Gasteiger partial charge on any atom is -0.351 e. The first-order valence-corrected chi connectivity index (χ1v) is 3.56. The van der Waals surface area contributed by atoms with Gasteiger partial charge < -0.3 is 10.3 Å². The molecule has 0 fully saturated rings. The number of nitrogens with zero attached hydrogens (tertiary/aromatic N) is 1. The van der Waals surface area contributed by atoms with Crippen molar-refractivity contribution in [2.24, 2.45) is 0 Å². The van der Waals surface area contributed by atoms with Crippen LogP contribution in [0.3, 0.4) is 0 Å². The van der Waals surface area contributed by atoms with E-state index in [0.29, 0.717) is 18.8 Å². The summed E-state index contributed by atoms with van der Waals surface area (Å²) >= 11 is 11.1. The number of carbonyl (C=O) groups is 1. The average molecular weight is 194 g/mol. The molecule has 0 saturated carbocycles. The van der Waals surface area contributed by atoms with Gasteiger partial charge in [0.05, 0.1) is 6.54 Å². The summed E-state index contributed by atoms with van der Waals surface area (Å²) in [7, 11) is 0. The van der Waals surface area contributed by atoms with Gasteiger partial charge in [-0.1, -0.05) is 23.2 Å².